The van der Waals surface area contributed by atoms with E-state index in [9.17, 15) is 8.42 Å². The van der Waals surface area contributed by atoms with Gasteiger partial charge in [0.2, 0.25) is 10.0 Å². The quantitative estimate of drug-likeness (QED) is 0.835. The molecule has 0 heterocycles. The summed E-state index contributed by atoms with van der Waals surface area (Å²) in [6, 6.07) is 12.1. The van der Waals surface area contributed by atoms with Gasteiger partial charge >= 0.3 is 0 Å². The van der Waals surface area contributed by atoms with Crippen LogP contribution in [0, 0.1) is 6.92 Å². The van der Waals surface area contributed by atoms with E-state index in [4.69, 9.17) is 9.47 Å². The Hall–Kier alpha value is -2.05. The maximum Gasteiger partial charge on any atom is 0.240 e. The third-order valence-corrected chi connectivity index (χ3v) is 5.28. The normalized spacial score (nSPS) is 12.7. The number of ether oxygens (including phenoxy) is 2. The van der Waals surface area contributed by atoms with Crippen molar-refractivity contribution in [2.75, 3.05) is 14.2 Å². The van der Waals surface area contributed by atoms with Crippen molar-refractivity contribution >= 4 is 10.0 Å². The smallest absolute Gasteiger partial charge is 0.240 e. The Morgan fingerprint density at radius 3 is 2.21 bits per heavy atom. The molecule has 24 heavy (non-hydrogen) atoms. The summed E-state index contributed by atoms with van der Waals surface area (Å²) in [6.07, 6.45) is 0.547. The lowest BCUT2D eigenvalue weighted by molar-refractivity contribution is 0.354. The Labute approximate surface area is 143 Å². The predicted octanol–water partition coefficient (Wildman–Crippen LogP) is 2.92. The lowest BCUT2D eigenvalue weighted by atomic mass is 10.1. The van der Waals surface area contributed by atoms with E-state index >= 15 is 0 Å². The average molecular weight is 349 g/mol. The van der Waals surface area contributed by atoms with Crippen molar-refractivity contribution in [3.05, 3.63) is 53.6 Å². The van der Waals surface area contributed by atoms with E-state index in [0.29, 0.717) is 17.9 Å². The van der Waals surface area contributed by atoms with Crippen LogP contribution in [-0.4, -0.2) is 28.7 Å². The fourth-order valence-corrected chi connectivity index (χ4v) is 3.70. The largest absolute Gasteiger partial charge is 0.493 e. The van der Waals surface area contributed by atoms with Crippen molar-refractivity contribution in [2.45, 2.75) is 31.2 Å². The van der Waals surface area contributed by atoms with E-state index in [1.54, 1.807) is 38.5 Å². The summed E-state index contributed by atoms with van der Waals surface area (Å²) in [5.74, 6) is 1.28. The van der Waals surface area contributed by atoms with Gasteiger partial charge < -0.3 is 9.47 Å². The molecule has 1 atom stereocenters. The molecule has 5 nitrogen and oxygen atoms in total. The first kappa shape index (κ1) is 18.3. The first-order chi connectivity index (χ1) is 11.4. The molecule has 130 valence electrons. The summed E-state index contributed by atoms with van der Waals surface area (Å²) in [6.45, 7) is 3.76. The van der Waals surface area contributed by atoms with Crippen molar-refractivity contribution in [3.63, 3.8) is 0 Å². The van der Waals surface area contributed by atoms with E-state index in [1.165, 1.54) is 0 Å². The van der Waals surface area contributed by atoms with Gasteiger partial charge in [0.25, 0.3) is 0 Å². The summed E-state index contributed by atoms with van der Waals surface area (Å²) >= 11 is 0. The molecule has 0 spiro atoms. The second kappa shape index (κ2) is 7.68. The minimum atomic E-state index is -3.53. The first-order valence-electron chi connectivity index (χ1n) is 7.65. The lowest BCUT2D eigenvalue weighted by Crippen LogP contribution is -2.34. The van der Waals surface area contributed by atoms with Crippen molar-refractivity contribution in [1.29, 1.82) is 0 Å². The van der Waals surface area contributed by atoms with E-state index in [-0.39, 0.29) is 10.9 Å². The molecule has 0 aliphatic carbocycles. The SMILES string of the molecule is COc1ccc(C[C@H](C)NS(=O)(=O)c2ccc(C)cc2)cc1OC. The Kier molecular flexibility index (Phi) is 5.85. The average Bonchev–Trinajstić information content (AvgIpc) is 2.54. The highest BCUT2D eigenvalue weighted by atomic mass is 32.2. The Bertz CT molecular complexity index is 785. The molecule has 0 bridgehead atoms. The molecular formula is C18H23NO4S. The highest BCUT2D eigenvalue weighted by molar-refractivity contribution is 7.89. The number of methoxy groups -OCH3 is 2. The zero-order chi connectivity index (χ0) is 17.7. The Morgan fingerprint density at radius 1 is 1.00 bits per heavy atom. The third-order valence-electron chi connectivity index (χ3n) is 3.68. The molecular weight excluding hydrogens is 326 g/mol. The van der Waals surface area contributed by atoms with Gasteiger partial charge in [-0.1, -0.05) is 23.8 Å². The molecule has 0 aliphatic rings. The molecule has 1 N–H and O–H groups in total. The zero-order valence-corrected chi connectivity index (χ0v) is 15.2. The summed E-state index contributed by atoms with van der Waals surface area (Å²) in [4.78, 5) is 0.271. The van der Waals surface area contributed by atoms with Crippen molar-refractivity contribution in [2.24, 2.45) is 0 Å². The summed E-state index contributed by atoms with van der Waals surface area (Å²) in [5, 5.41) is 0. The summed E-state index contributed by atoms with van der Waals surface area (Å²) in [7, 11) is -0.377. The van der Waals surface area contributed by atoms with E-state index in [1.807, 2.05) is 32.0 Å². The van der Waals surface area contributed by atoms with Gasteiger partial charge in [-0.15, -0.1) is 0 Å². The topological polar surface area (TPSA) is 64.6 Å². The molecule has 0 fully saturated rings. The molecule has 0 aromatic heterocycles. The summed E-state index contributed by atoms with van der Waals surface area (Å²) < 4.78 is 38.0. The maximum atomic E-state index is 12.4. The van der Waals surface area contributed by atoms with Crippen LogP contribution in [0.4, 0.5) is 0 Å². The Balaban J connectivity index is 2.10. The third kappa shape index (κ3) is 4.49. The van der Waals surface area contributed by atoms with Crippen LogP contribution < -0.4 is 14.2 Å². The van der Waals surface area contributed by atoms with Crippen molar-refractivity contribution < 1.29 is 17.9 Å². The van der Waals surface area contributed by atoms with Crippen LogP contribution in [0.2, 0.25) is 0 Å². The van der Waals surface area contributed by atoms with E-state index in [0.717, 1.165) is 11.1 Å². The molecule has 0 aliphatic heterocycles. The first-order valence-corrected chi connectivity index (χ1v) is 9.14. The van der Waals surface area contributed by atoms with Crippen LogP contribution in [-0.2, 0) is 16.4 Å². The highest BCUT2D eigenvalue weighted by Gasteiger charge is 2.18. The van der Waals surface area contributed by atoms with Crippen molar-refractivity contribution in [1.82, 2.24) is 4.72 Å². The minimum Gasteiger partial charge on any atom is -0.493 e. The van der Waals surface area contributed by atoms with Crippen LogP contribution in [0.15, 0.2) is 47.4 Å². The fourth-order valence-electron chi connectivity index (χ4n) is 2.45. The molecule has 0 saturated heterocycles. The summed E-state index contributed by atoms with van der Waals surface area (Å²) in [5.41, 5.74) is 1.99. The molecule has 0 unspecified atom stereocenters. The minimum absolute atomic E-state index is 0.255. The Morgan fingerprint density at radius 2 is 1.62 bits per heavy atom. The second-order valence-electron chi connectivity index (χ2n) is 5.73. The van der Waals surface area contributed by atoms with Crippen LogP contribution in [0.1, 0.15) is 18.1 Å². The van der Waals surface area contributed by atoms with Crippen LogP contribution in [0.3, 0.4) is 0 Å². The number of benzene rings is 2. The highest BCUT2D eigenvalue weighted by Crippen LogP contribution is 2.28. The second-order valence-corrected chi connectivity index (χ2v) is 7.44. The lowest BCUT2D eigenvalue weighted by Gasteiger charge is -2.16. The van der Waals surface area contributed by atoms with Gasteiger partial charge in [-0.3, -0.25) is 0 Å². The van der Waals surface area contributed by atoms with E-state index < -0.39 is 10.0 Å². The molecule has 0 saturated carbocycles. The molecule has 2 rings (SSSR count). The predicted molar refractivity (Wildman–Crippen MR) is 94.2 cm³/mol. The van der Waals surface area contributed by atoms with Gasteiger partial charge in [0.05, 0.1) is 19.1 Å². The van der Waals surface area contributed by atoms with Gasteiger partial charge in [0, 0.05) is 6.04 Å². The molecule has 6 heteroatoms. The number of sulfonamides is 1. The fraction of sp³-hybridized carbons (Fsp3) is 0.333. The van der Waals surface area contributed by atoms with Gasteiger partial charge in [-0.2, -0.15) is 0 Å². The number of aryl methyl sites for hydroxylation is 1. The van der Waals surface area contributed by atoms with Gasteiger partial charge in [-0.25, -0.2) is 13.1 Å². The van der Waals surface area contributed by atoms with Crippen molar-refractivity contribution in [3.8, 4) is 11.5 Å². The van der Waals surface area contributed by atoms with Crippen LogP contribution >= 0.6 is 0 Å². The van der Waals surface area contributed by atoms with E-state index in [2.05, 4.69) is 4.72 Å². The number of nitrogens with one attached hydrogen (secondary N) is 1. The molecule has 0 amide bonds. The molecule has 0 radical (unpaired) electrons. The number of rotatable bonds is 7. The van der Waals surface area contributed by atoms with Crippen LogP contribution in [0.5, 0.6) is 11.5 Å². The molecule has 2 aromatic carbocycles. The van der Waals surface area contributed by atoms with Gasteiger partial charge in [0.15, 0.2) is 11.5 Å². The maximum absolute atomic E-state index is 12.4. The number of hydrogen-bond donors (Lipinski definition) is 1. The standard InChI is InChI=1S/C18H23NO4S/c1-13-5-8-16(9-6-13)24(20,21)19-14(2)11-15-7-10-17(22-3)18(12-15)23-4/h5-10,12,14,19H,11H2,1-4H3/t14-/m0/s1. The van der Waals surface area contributed by atoms with Gasteiger partial charge in [0.1, 0.15) is 0 Å². The van der Waals surface area contributed by atoms with Crippen LogP contribution in [0.25, 0.3) is 0 Å². The number of hydrogen-bond acceptors (Lipinski definition) is 4. The monoisotopic (exact) mass is 349 g/mol. The molecule has 2 aromatic rings. The zero-order valence-electron chi connectivity index (χ0n) is 14.4. The van der Waals surface area contributed by atoms with Gasteiger partial charge in [-0.05, 0) is 50.1 Å².